The van der Waals surface area contributed by atoms with Crippen LogP contribution >= 0.6 is 0 Å². The molecule has 2 heterocycles. The molecule has 2 aromatic carbocycles. The number of ether oxygens (including phenoxy) is 2. The highest BCUT2D eigenvalue weighted by Crippen LogP contribution is 2.47. The van der Waals surface area contributed by atoms with E-state index in [0.717, 1.165) is 11.1 Å². The highest BCUT2D eigenvalue weighted by molar-refractivity contribution is 6.08. The number of hydrogen-bond acceptors (Lipinski definition) is 5. The predicted octanol–water partition coefficient (Wildman–Crippen LogP) is 1.69. The van der Waals surface area contributed by atoms with Crippen LogP contribution in [0.3, 0.4) is 0 Å². The third-order valence-corrected chi connectivity index (χ3v) is 4.36. The summed E-state index contributed by atoms with van der Waals surface area (Å²) in [7, 11) is 0. The van der Waals surface area contributed by atoms with E-state index in [4.69, 9.17) is 14.6 Å². The Labute approximate surface area is 143 Å². The van der Waals surface area contributed by atoms with Gasteiger partial charge in [0, 0.05) is 5.56 Å². The number of benzene rings is 2. The molecule has 0 unspecified atom stereocenters. The summed E-state index contributed by atoms with van der Waals surface area (Å²) < 4.78 is 11.2. The van der Waals surface area contributed by atoms with Crippen LogP contribution in [-0.2, 0) is 24.8 Å². The fourth-order valence-electron chi connectivity index (χ4n) is 3.25. The van der Waals surface area contributed by atoms with E-state index in [1.54, 1.807) is 42.5 Å². The molecular weight excluding hydrogens is 326 g/mol. The number of anilines is 1. The first-order valence-electron chi connectivity index (χ1n) is 7.77. The molecule has 2 aliphatic heterocycles. The maximum absolute atomic E-state index is 12.8. The molecule has 0 radical (unpaired) electrons. The lowest BCUT2D eigenvalue weighted by atomic mass is 9.99. The van der Waals surface area contributed by atoms with Crippen molar-refractivity contribution in [2.45, 2.75) is 5.79 Å². The SMILES string of the molecule is O=C(O)CN1C(=O)C2(OCCO2)c2cc(-c3ccc(O)cc3)ccc21. The van der Waals surface area contributed by atoms with Crippen molar-refractivity contribution in [2.75, 3.05) is 24.7 Å². The number of hydrogen-bond donors (Lipinski definition) is 2. The third-order valence-electron chi connectivity index (χ3n) is 4.36. The Morgan fingerprint density at radius 3 is 2.36 bits per heavy atom. The van der Waals surface area contributed by atoms with Crippen molar-refractivity contribution in [2.24, 2.45) is 0 Å². The van der Waals surface area contributed by atoms with Gasteiger partial charge in [-0.05, 0) is 35.4 Å². The van der Waals surface area contributed by atoms with E-state index in [0.29, 0.717) is 11.3 Å². The highest BCUT2D eigenvalue weighted by Gasteiger charge is 2.56. The number of rotatable bonds is 3. The van der Waals surface area contributed by atoms with Crippen molar-refractivity contribution in [1.82, 2.24) is 0 Å². The van der Waals surface area contributed by atoms with Crippen LogP contribution in [0.1, 0.15) is 5.56 Å². The molecule has 0 bridgehead atoms. The highest BCUT2D eigenvalue weighted by atomic mass is 16.7. The van der Waals surface area contributed by atoms with Gasteiger partial charge >= 0.3 is 5.97 Å². The van der Waals surface area contributed by atoms with Crippen molar-refractivity contribution < 1.29 is 29.3 Å². The quantitative estimate of drug-likeness (QED) is 0.882. The van der Waals surface area contributed by atoms with Gasteiger partial charge in [0.1, 0.15) is 12.3 Å². The lowest BCUT2D eigenvalue weighted by Crippen LogP contribution is -2.43. The van der Waals surface area contributed by atoms with Gasteiger partial charge in [0.15, 0.2) is 0 Å². The summed E-state index contributed by atoms with van der Waals surface area (Å²) in [6, 6.07) is 11.9. The van der Waals surface area contributed by atoms with Crippen LogP contribution in [-0.4, -0.2) is 41.8 Å². The number of fused-ring (bicyclic) bond motifs is 2. The number of carbonyl (C=O) groups excluding carboxylic acids is 1. The van der Waals surface area contributed by atoms with E-state index < -0.39 is 24.2 Å². The fourth-order valence-corrected chi connectivity index (χ4v) is 3.25. The minimum absolute atomic E-state index is 0.159. The lowest BCUT2D eigenvalue weighted by molar-refractivity contribution is -0.181. The Balaban J connectivity index is 1.84. The van der Waals surface area contributed by atoms with Crippen LogP contribution in [0.15, 0.2) is 42.5 Å². The predicted molar refractivity (Wildman–Crippen MR) is 87.1 cm³/mol. The van der Waals surface area contributed by atoms with Gasteiger partial charge in [-0.3, -0.25) is 14.5 Å². The Morgan fingerprint density at radius 1 is 1.08 bits per heavy atom. The Bertz CT molecular complexity index is 854. The van der Waals surface area contributed by atoms with Crippen molar-refractivity contribution >= 4 is 17.6 Å². The second-order valence-electron chi connectivity index (χ2n) is 5.88. The molecular formula is C18H15NO6. The van der Waals surface area contributed by atoms with E-state index in [1.807, 2.05) is 0 Å². The summed E-state index contributed by atoms with van der Waals surface area (Å²) in [5.41, 5.74) is 2.62. The lowest BCUT2D eigenvalue weighted by Gasteiger charge is -2.21. The Kier molecular flexibility index (Phi) is 3.48. The smallest absolute Gasteiger partial charge is 0.323 e. The van der Waals surface area contributed by atoms with E-state index in [-0.39, 0.29) is 19.0 Å². The van der Waals surface area contributed by atoms with Gasteiger partial charge in [-0.2, -0.15) is 0 Å². The summed E-state index contributed by atoms with van der Waals surface area (Å²) in [6.07, 6.45) is 0. The van der Waals surface area contributed by atoms with Crippen molar-refractivity contribution in [1.29, 1.82) is 0 Å². The second-order valence-corrected chi connectivity index (χ2v) is 5.88. The number of phenolic OH excluding ortho intramolecular Hbond substituents is 1. The number of phenols is 1. The monoisotopic (exact) mass is 341 g/mol. The Morgan fingerprint density at radius 2 is 1.72 bits per heavy atom. The molecule has 0 aliphatic carbocycles. The first kappa shape index (κ1) is 15.6. The average molecular weight is 341 g/mol. The zero-order valence-electron chi connectivity index (χ0n) is 13.1. The van der Waals surface area contributed by atoms with Gasteiger partial charge in [0.2, 0.25) is 0 Å². The zero-order chi connectivity index (χ0) is 17.6. The molecule has 128 valence electrons. The number of carbonyl (C=O) groups is 2. The van der Waals surface area contributed by atoms with Crippen LogP contribution in [0, 0.1) is 0 Å². The molecule has 1 saturated heterocycles. The summed E-state index contributed by atoms with van der Waals surface area (Å²) in [5, 5.41) is 18.5. The molecule has 2 N–H and O–H groups in total. The van der Waals surface area contributed by atoms with E-state index >= 15 is 0 Å². The van der Waals surface area contributed by atoms with Crippen LogP contribution in [0.4, 0.5) is 5.69 Å². The summed E-state index contributed by atoms with van der Waals surface area (Å²) in [6.45, 7) is 0.0594. The van der Waals surface area contributed by atoms with E-state index in [2.05, 4.69) is 0 Å². The molecule has 0 saturated carbocycles. The minimum Gasteiger partial charge on any atom is -0.508 e. The standard InChI is InChI=1S/C18H15NO6/c20-13-4-1-11(2-5-13)12-3-6-15-14(9-12)18(24-7-8-25-18)17(23)19(15)10-16(21)22/h1-6,9,20H,7-8,10H2,(H,21,22). The average Bonchev–Trinajstić information content (AvgIpc) is 3.17. The number of nitrogens with zero attached hydrogens (tertiary/aromatic N) is 1. The molecule has 0 aromatic heterocycles. The van der Waals surface area contributed by atoms with Gasteiger partial charge in [-0.15, -0.1) is 0 Å². The van der Waals surface area contributed by atoms with Crippen LogP contribution in [0.25, 0.3) is 11.1 Å². The number of aliphatic carboxylic acids is 1. The number of aromatic hydroxyl groups is 1. The van der Waals surface area contributed by atoms with Gasteiger partial charge < -0.3 is 19.7 Å². The summed E-state index contributed by atoms with van der Waals surface area (Å²) in [5.74, 6) is -3.05. The van der Waals surface area contributed by atoms with Gasteiger partial charge in [0.25, 0.3) is 11.7 Å². The summed E-state index contributed by atoms with van der Waals surface area (Å²) >= 11 is 0. The molecule has 25 heavy (non-hydrogen) atoms. The number of carboxylic acids is 1. The molecule has 2 aliphatic rings. The first-order valence-corrected chi connectivity index (χ1v) is 7.77. The first-order chi connectivity index (χ1) is 12.0. The fraction of sp³-hybridized carbons (Fsp3) is 0.222. The van der Waals surface area contributed by atoms with Crippen molar-refractivity contribution in [3.8, 4) is 16.9 Å². The number of amides is 1. The third kappa shape index (κ3) is 2.36. The van der Waals surface area contributed by atoms with Gasteiger partial charge in [0.05, 0.1) is 18.9 Å². The van der Waals surface area contributed by atoms with Crippen molar-refractivity contribution in [3.05, 3.63) is 48.0 Å². The maximum Gasteiger partial charge on any atom is 0.323 e. The van der Waals surface area contributed by atoms with E-state index in [1.165, 1.54) is 4.90 Å². The molecule has 1 amide bonds. The van der Waals surface area contributed by atoms with Crippen LogP contribution in [0.5, 0.6) is 5.75 Å². The zero-order valence-corrected chi connectivity index (χ0v) is 13.1. The molecule has 2 aromatic rings. The van der Waals surface area contributed by atoms with Gasteiger partial charge in [-0.25, -0.2) is 0 Å². The molecule has 4 rings (SSSR count). The molecule has 1 spiro atoms. The van der Waals surface area contributed by atoms with Crippen LogP contribution in [0.2, 0.25) is 0 Å². The molecule has 0 atom stereocenters. The summed E-state index contributed by atoms with van der Waals surface area (Å²) in [4.78, 5) is 25.1. The topological polar surface area (TPSA) is 96.3 Å². The van der Waals surface area contributed by atoms with Crippen molar-refractivity contribution in [3.63, 3.8) is 0 Å². The maximum atomic E-state index is 12.8. The second kappa shape index (κ2) is 5.58. The molecule has 7 nitrogen and oxygen atoms in total. The number of carboxylic acid groups (broad SMARTS) is 1. The van der Waals surface area contributed by atoms with Crippen LogP contribution < -0.4 is 4.90 Å². The van der Waals surface area contributed by atoms with E-state index in [9.17, 15) is 14.7 Å². The minimum atomic E-state index is -1.57. The van der Waals surface area contributed by atoms with Gasteiger partial charge in [-0.1, -0.05) is 18.2 Å². The Hall–Kier alpha value is -2.90. The largest absolute Gasteiger partial charge is 0.508 e. The molecule has 1 fully saturated rings. The molecule has 7 heteroatoms. The normalized spacial score (nSPS) is 17.9.